The number of carboxylic acid groups (broad SMARTS) is 1. The normalized spacial score (nSPS) is 19.3. The van der Waals surface area contributed by atoms with E-state index in [1.165, 1.54) is 17.0 Å². The third-order valence-electron chi connectivity index (χ3n) is 4.25. The number of likely N-dealkylation sites (tertiary alicyclic amines) is 1. The molecule has 9 heteroatoms. The maximum atomic E-state index is 14.0. The Morgan fingerprint density at radius 1 is 1.40 bits per heavy atom. The summed E-state index contributed by atoms with van der Waals surface area (Å²) in [6.45, 7) is 2.24. The van der Waals surface area contributed by atoms with E-state index in [0.717, 1.165) is 12.3 Å². The van der Waals surface area contributed by atoms with Gasteiger partial charge in [-0.15, -0.1) is 0 Å². The van der Waals surface area contributed by atoms with Crippen molar-refractivity contribution in [2.45, 2.75) is 30.7 Å². The van der Waals surface area contributed by atoms with Crippen LogP contribution in [0, 0.1) is 11.7 Å². The van der Waals surface area contributed by atoms with Crippen molar-refractivity contribution in [3.63, 3.8) is 0 Å². The maximum Gasteiger partial charge on any atom is 0.317 e. The Morgan fingerprint density at radius 2 is 2.08 bits per heavy atom. The summed E-state index contributed by atoms with van der Waals surface area (Å²) in [5.41, 5.74) is 0.421. The van der Waals surface area contributed by atoms with Crippen molar-refractivity contribution in [2.24, 2.45) is 5.92 Å². The number of benzene rings is 1. The third-order valence-corrected chi connectivity index (χ3v) is 5.38. The lowest BCUT2D eigenvalue weighted by molar-refractivity contribution is -0.143. The molecular weight excluding hydrogens is 351 g/mol. The van der Waals surface area contributed by atoms with E-state index in [1.54, 1.807) is 6.92 Å². The van der Waals surface area contributed by atoms with Gasteiger partial charge in [0, 0.05) is 19.3 Å². The van der Waals surface area contributed by atoms with E-state index in [2.05, 4.69) is 5.32 Å². The zero-order valence-electron chi connectivity index (χ0n) is 14.0. The molecule has 7 nitrogen and oxygen atoms in total. The minimum Gasteiger partial charge on any atom is -0.481 e. The molecule has 1 aliphatic heterocycles. The molecule has 0 aromatic heterocycles. The molecule has 0 radical (unpaired) electrons. The predicted octanol–water partition coefficient (Wildman–Crippen LogP) is 1.80. The maximum absolute atomic E-state index is 14.0. The summed E-state index contributed by atoms with van der Waals surface area (Å²) >= 11 is 0. The van der Waals surface area contributed by atoms with Gasteiger partial charge >= 0.3 is 12.0 Å². The molecule has 0 bridgehead atoms. The van der Waals surface area contributed by atoms with Gasteiger partial charge in [0.15, 0.2) is 9.84 Å². The molecule has 2 atom stereocenters. The second-order valence-electron chi connectivity index (χ2n) is 6.26. The van der Waals surface area contributed by atoms with Gasteiger partial charge in [0.05, 0.1) is 12.0 Å². The lowest BCUT2D eigenvalue weighted by atomic mass is 9.98. The molecule has 1 aromatic carbocycles. The van der Waals surface area contributed by atoms with Crippen LogP contribution in [0.5, 0.6) is 0 Å². The Kier molecular flexibility index (Phi) is 5.66. The number of hydrogen-bond donors (Lipinski definition) is 2. The second kappa shape index (κ2) is 7.38. The lowest BCUT2D eigenvalue weighted by Crippen LogP contribution is -2.47. The number of aliphatic carboxylic acids is 1. The number of carboxylic acids is 1. The highest BCUT2D eigenvalue weighted by Gasteiger charge is 2.28. The number of piperidine rings is 1. The number of rotatable bonds is 4. The average Bonchev–Trinajstić information content (AvgIpc) is 2.53. The number of carbonyl (C=O) groups excluding carboxylic acids is 1. The third kappa shape index (κ3) is 4.68. The zero-order valence-corrected chi connectivity index (χ0v) is 14.8. The lowest BCUT2D eigenvalue weighted by Gasteiger charge is -2.31. The number of nitrogens with one attached hydrogen (secondary N) is 1. The summed E-state index contributed by atoms with van der Waals surface area (Å²) in [6, 6.07) is 2.72. The molecule has 138 valence electrons. The van der Waals surface area contributed by atoms with Gasteiger partial charge in [-0.05, 0) is 37.5 Å². The van der Waals surface area contributed by atoms with Crippen molar-refractivity contribution in [2.75, 3.05) is 19.3 Å². The fourth-order valence-electron chi connectivity index (χ4n) is 2.81. The van der Waals surface area contributed by atoms with E-state index >= 15 is 0 Å². The minimum atomic E-state index is -3.66. The van der Waals surface area contributed by atoms with Crippen LogP contribution in [-0.2, 0) is 14.6 Å². The van der Waals surface area contributed by atoms with Gasteiger partial charge < -0.3 is 15.3 Å². The van der Waals surface area contributed by atoms with Crippen molar-refractivity contribution in [3.05, 3.63) is 29.6 Å². The molecular formula is C16H21FN2O5S. The van der Waals surface area contributed by atoms with Crippen LogP contribution >= 0.6 is 0 Å². The summed E-state index contributed by atoms with van der Waals surface area (Å²) in [7, 11) is -3.66. The highest BCUT2D eigenvalue weighted by Crippen LogP contribution is 2.21. The van der Waals surface area contributed by atoms with Gasteiger partial charge in [-0.1, -0.05) is 6.07 Å². The Balaban J connectivity index is 2.06. The van der Waals surface area contributed by atoms with E-state index in [9.17, 15) is 22.4 Å². The molecule has 25 heavy (non-hydrogen) atoms. The number of urea groups is 1. The first-order valence-electron chi connectivity index (χ1n) is 7.87. The van der Waals surface area contributed by atoms with Crippen LogP contribution in [0.3, 0.4) is 0 Å². The molecule has 2 rings (SSSR count). The molecule has 0 spiro atoms. The van der Waals surface area contributed by atoms with E-state index < -0.39 is 44.5 Å². The quantitative estimate of drug-likeness (QED) is 0.839. The molecule has 1 aliphatic rings. The Bertz CT molecular complexity index is 781. The number of nitrogens with zero attached hydrogens (tertiary/aromatic N) is 1. The van der Waals surface area contributed by atoms with Gasteiger partial charge in [-0.2, -0.15) is 0 Å². The van der Waals surface area contributed by atoms with Crippen molar-refractivity contribution >= 4 is 21.8 Å². The van der Waals surface area contributed by atoms with Crippen LogP contribution in [0.1, 0.15) is 31.4 Å². The first kappa shape index (κ1) is 19.2. The molecule has 2 N–H and O–H groups in total. The van der Waals surface area contributed by atoms with Crippen LogP contribution in [0.4, 0.5) is 9.18 Å². The van der Waals surface area contributed by atoms with Gasteiger partial charge in [0.1, 0.15) is 10.7 Å². The van der Waals surface area contributed by atoms with Gasteiger partial charge in [0.2, 0.25) is 0 Å². The molecule has 2 unspecified atom stereocenters. The molecule has 1 heterocycles. The standard InChI is InChI=1S/C16H21FN2O5S/c1-10(11-5-6-14(13(17)8-11)25(2,23)24)18-16(22)19-7-3-4-12(9-19)15(20)21/h5-6,8,10,12H,3-4,7,9H2,1-2H3,(H,18,22)(H,20,21). The van der Waals surface area contributed by atoms with E-state index in [1.807, 2.05) is 0 Å². The Morgan fingerprint density at radius 3 is 2.64 bits per heavy atom. The highest BCUT2D eigenvalue weighted by molar-refractivity contribution is 7.90. The highest BCUT2D eigenvalue weighted by atomic mass is 32.2. The molecule has 2 amide bonds. The van der Waals surface area contributed by atoms with E-state index in [4.69, 9.17) is 5.11 Å². The van der Waals surface area contributed by atoms with Gasteiger partial charge in [0.25, 0.3) is 0 Å². The minimum absolute atomic E-state index is 0.134. The van der Waals surface area contributed by atoms with Crippen LogP contribution < -0.4 is 5.32 Å². The van der Waals surface area contributed by atoms with Gasteiger partial charge in [-0.3, -0.25) is 4.79 Å². The summed E-state index contributed by atoms with van der Waals surface area (Å²) in [5, 5.41) is 11.8. The van der Waals surface area contributed by atoms with E-state index in [0.29, 0.717) is 24.9 Å². The van der Waals surface area contributed by atoms with Crippen LogP contribution in [0.15, 0.2) is 23.1 Å². The Hall–Kier alpha value is -2.16. The molecule has 1 fully saturated rings. The first-order valence-corrected chi connectivity index (χ1v) is 9.76. The summed E-state index contributed by atoms with van der Waals surface area (Å²) in [6.07, 6.45) is 2.06. The van der Waals surface area contributed by atoms with Crippen molar-refractivity contribution in [1.29, 1.82) is 0 Å². The average molecular weight is 372 g/mol. The van der Waals surface area contributed by atoms with Crippen LogP contribution in [0.2, 0.25) is 0 Å². The zero-order chi connectivity index (χ0) is 18.8. The number of carbonyl (C=O) groups is 2. The summed E-state index contributed by atoms with van der Waals surface area (Å²) in [5.74, 6) is -2.38. The second-order valence-corrected chi connectivity index (χ2v) is 8.24. The fraction of sp³-hybridized carbons (Fsp3) is 0.500. The van der Waals surface area contributed by atoms with Crippen LogP contribution in [-0.4, -0.2) is 49.8 Å². The number of sulfone groups is 1. The largest absolute Gasteiger partial charge is 0.481 e. The van der Waals surface area contributed by atoms with Crippen molar-refractivity contribution in [1.82, 2.24) is 10.2 Å². The molecule has 0 saturated carbocycles. The first-order chi connectivity index (χ1) is 11.6. The topological polar surface area (TPSA) is 104 Å². The smallest absolute Gasteiger partial charge is 0.317 e. The van der Waals surface area contributed by atoms with Gasteiger partial charge in [-0.25, -0.2) is 17.6 Å². The molecule has 1 aromatic rings. The predicted molar refractivity (Wildman–Crippen MR) is 88.4 cm³/mol. The van der Waals surface area contributed by atoms with Crippen molar-refractivity contribution in [3.8, 4) is 0 Å². The fourth-order valence-corrected chi connectivity index (χ4v) is 3.54. The number of halogens is 1. The van der Waals surface area contributed by atoms with E-state index in [-0.39, 0.29) is 6.54 Å². The monoisotopic (exact) mass is 372 g/mol. The summed E-state index contributed by atoms with van der Waals surface area (Å²) in [4.78, 5) is 24.4. The SMILES string of the molecule is CC(NC(=O)N1CCCC(C(=O)O)C1)c1ccc(S(C)(=O)=O)c(F)c1. The summed E-state index contributed by atoms with van der Waals surface area (Å²) < 4.78 is 36.9. The molecule has 1 saturated heterocycles. The van der Waals surface area contributed by atoms with Crippen molar-refractivity contribution < 1.29 is 27.5 Å². The Labute approximate surface area is 145 Å². The number of amides is 2. The van der Waals surface area contributed by atoms with Crippen LogP contribution in [0.25, 0.3) is 0 Å². The molecule has 0 aliphatic carbocycles. The number of hydrogen-bond acceptors (Lipinski definition) is 4.